The van der Waals surface area contributed by atoms with Crippen LogP contribution in [0, 0.1) is 6.92 Å². The summed E-state index contributed by atoms with van der Waals surface area (Å²) in [6.45, 7) is 1.84. The first-order chi connectivity index (χ1) is 15.0. The summed E-state index contributed by atoms with van der Waals surface area (Å²) in [5.74, 6) is 1.07. The molecule has 0 unspecified atom stereocenters. The topological polar surface area (TPSA) is 71.1 Å². The number of hydrogen-bond acceptors (Lipinski definition) is 6. The van der Waals surface area contributed by atoms with Crippen LogP contribution in [0.4, 0.5) is 0 Å². The maximum Gasteiger partial charge on any atom is 0.343 e. The molecule has 0 bridgehead atoms. The first-order valence-corrected chi connectivity index (χ1v) is 9.59. The van der Waals surface area contributed by atoms with Crippen LogP contribution in [0.5, 0.6) is 23.0 Å². The Morgan fingerprint density at radius 1 is 0.968 bits per heavy atom. The van der Waals surface area contributed by atoms with Crippen LogP contribution in [0.2, 0.25) is 0 Å². The normalized spacial score (nSPS) is 13.5. The number of ketones is 1. The molecule has 0 aliphatic carbocycles. The number of hydrogen-bond donors (Lipinski definition) is 0. The molecule has 0 spiro atoms. The number of benzene rings is 3. The van der Waals surface area contributed by atoms with Gasteiger partial charge in [-0.05, 0) is 42.8 Å². The van der Waals surface area contributed by atoms with E-state index < -0.39 is 5.97 Å². The van der Waals surface area contributed by atoms with Crippen LogP contribution in [-0.2, 0) is 0 Å². The SMILES string of the molecule is COc1cccc(/C=C2\Oc3cc(OC(=O)c4ccccc4C)ccc3C2=O)c1OC. The lowest BCUT2D eigenvalue weighted by Crippen LogP contribution is -2.10. The Morgan fingerprint density at radius 3 is 2.52 bits per heavy atom. The van der Waals surface area contributed by atoms with Gasteiger partial charge in [0.2, 0.25) is 5.78 Å². The van der Waals surface area contributed by atoms with Crippen molar-refractivity contribution in [2.75, 3.05) is 14.2 Å². The van der Waals surface area contributed by atoms with E-state index in [0.717, 1.165) is 5.56 Å². The molecule has 0 saturated heterocycles. The number of carbonyl (C=O) groups excluding carboxylic acids is 2. The van der Waals surface area contributed by atoms with Crippen molar-refractivity contribution in [3.63, 3.8) is 0 Å². The van der Waals surface area contributed by atoms with Crippen LogP contribution >= 0.6 is 0 Å². The minimum atomic E-state index is -0.473. The molecule has 156 valence electrons. The average Bonchev–Trinajstić information content (AvgIpc) is 3.08. The second-order valence-corrected chi connectivity index (χ2v) is 6.88. The molecule has 3 aromatic carbocycles. The molecule has 1 heterocycles. The molecular formula is C25H20O6. The fourth-order valence-corrected chi connectivity index (χ4v) is 3.36. The lowest BCUT2D eigenvalue weighted by molar-refractivity contribution is 0.0733. The molecule has 1 aliphatic rings. The maximum absolute atomic E-state index is 12.8. The van der Waals surface area contributed by atoms with Gasteiger partial charge in [0.1, 0.15) is 11.5 Å². The quantitative estimate of drug-likeness (QED) is 0.336. The van der Waals surface area contributed by atoms with E-state index in [0.29, 0.717) is 39.7 Å². The number of carbonyl (C=O) groups is 2. The summed E-state index contributed by atoms with van der Waals surface area (Å²) >= 11 is 0. The second-order valence-electron chi connectivity index (χ2n) is 6.88. The summed E-state index contributed by atoms with van der Waals surface area (Å²) < 4.78 is 22.0. The molecule has 0 N–H and O–H groups in total. The number of Topliss-reactive ketones (excluding diaryl/α,β-unsaturated/α-hetero) is 1. The van der Waals surface area contributed by atoms with Gasteiger partial charge in [-0.3, -0.25) is 4.79 Å². The van der Waals surface area contributed by atoms with Crippen molar-refractivity contribution >= 4 is 17.8 Å². The highest BCUT2D eigenvalue weighted by Gasteiger charge is 2.28. The standard InChI is InChI=1S/C25H20O6/c1-15-7-4-5-9-18(15)25(27)30-17-11-12-19-21(14-17)31-22(23(19)26)13-16-8-6-10-20(28-2)24(16)29-3/h4-14H,1-3H3/b22-13-. The van der Waals surface area contributed by atoms with E-state index in [9.17, 15) is 9.59 Å². The summed E-state index contributed by atoms with van der Waals surface area (Å²) in [6, 6.07) is 17.2. The predicted molar refractivity (Wildman–Crippen MR) is 115 cm³/mol. The molecule has 4 rings (SSSR count). The van der Waals surface area contributed by atoms with Gasteiger partial charge in [-0.15, -0.1) is 0 Å². The van der Waals surface area contributed by atoms with Crippen molar-refractivity contribution in [1.29, 1.82) is 0 Å². The van der Waals surface area contributed by atoms with Crippen molar-refractivity contribution in [2.45, 2.75) is 6.92 Å². The third kappa shape index (κ3) is 3.88. The Kier molecular flexibility index (Phi) is 5.45. The Balaban J connectivity index is 1.60. The smallest absolute Gasteiger partial charge is 0.343 e. The van der Waals surface area contributed by atoms with Crippen LogP contribution in [0.3, 0.4) is 0 Å². The van der Waals surface area contributed by atoms with E-state index >= 15 is 0 Å². The van der Waals surface area contributed by atoms with E-state index in [4.69, 9.17) is 18.9 Å². The van der Waals surface area contributed by atoms with Gasteiger partial charge in [-0.2, -0.15) is 0 Å². The summed E-state index contributed by atoms with van der Waals surface area (Å²) in [5.41, 5.74) is 2.33. The zero-order valence-corrected chi connectivity index (χ0v) is 17.3. The number of ether oxygens (including phenoxy) is 4. The highest BCUT2D eigenvalue weighted by Crippen LogP contribution is 2.37. The molecular weight excluding hydrogens is 396 g/mol. The largest absolute Gasteiger partial charge is 0.493 e. The number of rotatable bonds is 5. The van der Waals surface area contributed by atoms with Crippen molar-refractivity contribution < 1.29 is 28.5 Å². The van der Waals surface area contributed by atoms with Crippen molar-refractivity contribution in [1.82, 2.24) is 0 Å². The number of para-hydroxylation sites is 1. The monoisotopic (exact) mass is 416 g/mol. The Labute approximate surface area is 179 Å². The van der Waals surface area contributed by atoms with Gasteiger partial charge in [0.25, 0.3) is 0 Å². The number of methoxy groups -OCH3 is 2. The molecule has 0 fully saturated rings. The first-order valence-electron chi connectivity index (χ1n) is 9.59. The van der Waals surface area contributed by atoms with E-state index in [1.807, 2.05) is 19.1 Å². The minimum Gasteiger partial charge on any atom is -0.493 e. The lowest BCUT2D eigenvalue weighted by atomic mass is 10.1. The van der Waals surface area contributed by atoms with Gasteiger partial charge in [0, 0.05) is 11.6 Å². The van der Waals surface area contributed by atoms with Crippen molar-refractivity contribution in [2.24, 2.45) is 0 Å². The average molecular weight is 416 g/mol. The second kappa shape index (κ2) is 8.36. The van der Waals surface area contributed by atoms with E-state index in [1.54, 1.807) is 55.7 Å². The fourth-order valence-electron chi connectivity index (χ4n) is 3.36. The molecule has 6 heteroatoms. The Hall–Kier alpha value is -4.06. The molecule has 0 radical (unpaired) electrons. The van der Waals surface area contributed by atoms with Crippen molar-refractivity contribution in [3.8, 4) is 23.0 Å². The fraction of sp³-hybridized carbons (Fsp3) is 0.120. The van der Waals surface area contributed by atoms with Crippen LogP contribution < -0.4 is 18.9 Å². The van der Waals surface area contributed by atoms with Crippen LogP contribution in [0.1, 0.15) is 31.8 Å². The predicted octanol–water partition coefficient (Wildman–Crippen LogP) is 4.85. The molecule has 31 heavy (non-hydrogen) atoms. The molecule has 3 aromatic rings. The molecule has 0 atom stereocenters. The van der Waals surface area contributed by atoms with Crippen molar-refractivity contribution in [3.05, 3.63) is 88.7 Å². The highest BCUT2D eigenvalue weighted by atomic mass is 16.5. The molecule has 1 aliphatic heterocycles. The Morgan fingerprint density at radius 2 is 1.77 bits per heavy atom. The zero-order chi connectivity index (χ0) is 22.0. The van der Waals surface area contributed by atoms with Gasteiger partial charge in [-0.1, -0.05) is 30.3 Å². The molecule has 0 amide bonds. The van der Waals surface area contributed by atoms with Gasteiger partial charge >= 0.3 is 5.97 Å². The van der Waals surface area contributed by atoms with E-state index in [1.165, 1.54) is 13.2 Å². The van der Waals surface area contributed by atoms with Gasteiger partial charge < -0.3 is 18.9 Å². The molecule has 6 nitrogen and oxygen atoms in total. The van der Waals surface area contributed by atoms with Crippen LogP contribution in [-0.4, -0.2) is 26.0 Å². The lowest BCUT2D eigenvalue weighted by Gasteiger charge is -2.10. The van der Waals surface area contributed by atoms with Crippen LogP contribution in [0.15, 0.2) is 66.4 Å². The summed E-state index contributed by atoms with van der Waals surface area (Å²) in [4.78, 5) is 25.3. The first kappa shape index (κ1) is 20.2. The number of aryl methyl sites for hydroxylation is 1. The van der Waals surface area contributed by atoms with E-state index in [2.05, 4.69) is 0 Å². The molecule has 0 saturated carbocycles. The third-order valence-corrected chi connectivity index (χ3v) is 4.94. The highest BCUT2D eigenvalue weighted by molar-refractivity contribution is 6.14. The number of fused-ring (bicyclic) bond motifs is 1. The maximum atomic E-state index is 12.8. The van der Waals surface area contributed by atoms with Gasteiger partial charge in [0.05, 0.1) is 25.3 Å². The van der Waals surface area contributed by atoms with E-state index in [-0.39, 0.29) is 11.5 Å². The number of allylic oxidation sites excluding steroid dienone is 1. The van der Waals surface area contributed by atoms with Gasteiger partial charge in [-0.25, -0.2) is 4.79 Å². The van der Waals surface area contributed by atoms with Crippen LogP contribution in [0.25, 0.3) is 6.08 Å². The summed E-state index contributed by atoms with van der Waals surface area (Å²) in [6.07, 6.45) is 1.60. The van der Waals surface area contributed by atoms with Gasteiger partial charge in [0.15, 0.2) is 17.3 Å². The zero-order valence-electron chi connectivity index (χ0n) is 17.3. The Bertz CT molecular complexity index is 1210. The summed E-state index contributed by atoms with van der Waals surface area (Å²) in [7, 11) is 3.07. The third-order valence-electron chi connectivity index (χ3n) is 4.94. The molecule has 0 aromatic heterocycles. The minimum absolute atomic E-state index is 0.143. The summed E-state index contributed by atoms with van der Waals surface area (Å²) in [5, 5.41) is 0. The number of esters is 1.